The average Bonchev–Trinajstić information content (AvgIpc) is 3.03. The Kier molecular flexibility index (Phi) is 5.48. The average molecular weight is 399 g/mol. The second kappa shape index (κ2) is 7.45. The van der Waals surface area contributed by atoms with E-state index < -0.39 is 10.0 Å². The van der Waals surface area contributed by atoms with Gasteiger partial charge in [0.1, 0.15) is 4.21 Å². The molecule has 1 amide bonds. The van der Waals surface area contributed by atoms with E-state index in [1.807, 2.05) is 30.0 Å². The standard InChI is InChI=1S/C17H19ClN2O3S2/c1-2-9-20-14-5-3-12(10-13(14)4-7-16(20)21)11-19-25(22,23)17-8-6-15(18)24-17/h3,5-6,8,10,19H,2,4,7,9,11H2,1H3. The van der Waals surface area contributed by atoms with E-state index in [4.69, 9.17) is 11.6 Å². The Morgan fingerprint density at radius 1 is 1.24 bits per heavy atom. The van der Waals surface area contributed by atoms with Crippen LogP contribution in [0.15, 0.2) is 34.5 Å². The number of sulfonamides is 1. The molecule has 0 atom stereocenters. The molecule has 1 aliphatic rings. The Bertz CT molecular complexity index is 893. The summed E-state index contributed by atoms with van der Waals surface area (Å²) < 4.78 is 27.8. The van der Waals surface area contributed by atoms with Gasteiger partial charge >= 0.3 is 0 Å². The van der Waals surface area contributed by atoms with Crippen molar-refractivity contribution in [3.05, 3.63) is 45.8 Å². The van der Waals surface area contributed by atoms with Crippen molar-refractivity contribution >= 4 is 44.6 Å². The van der Waals surface area contributed by atoms with Crippen LogP contribution in [0.1, 0.15) is 30.9 Å². The summed E-state index contributed by atoms with van der Waals surface area (Å²) in [6.45, 7) is 2.95. The van der Waals surface area contributed by atoms with Gasteiger partial charge in [0.05, 0.1) is 4.34 Å². The number of aryl methyl sites for hydroxylation is 1. The highest BCUT2D eigenvalue weighted by Crippen LogP contribution is 2.29. The van der Waals surface area contributed by atoms with Gasteiger partial charge in [0.15, 0.2) is 0 Å². The number of nitrogens with zero attached hydrogens (tertiary/aromatic N) is 1. The molecule has 1 aromatic carbocycles. The van der Waals surface area contributed by atoms with Crippen LogP contribution >= 0.6 is 22.9 Å². The summed E-state index contributed by atoms with van der Waals surface area (Å²) in [4.78, 5) is 13.9. The second-order valence-corrected chi connectivity index (χ2v) is 9.60. The molecule has 1 aliphatic heterocycles. The maximum Gasteiger partial charge on any atom is 0.250 e. The number of carbonyl (C=O) groups is 1. The fourth-order valence-corrected chi connectivity index (χ4v) is 5.43. The quantitative estimate of drug-likeness (QED) is 0.808. The minimum Gasteiger partial charge on any atom is -0.312 e. The number of hydrogen-bond donors (Lipinski definition) is 1. The molecule has 2 aromatic rings. The molecule has 1 aromatic heterocycles. The molecule has 0 saturated carbocycles. The number of amides is 1. The lowest BCUT2D eigenvalue weighted by atomic mass is 9.98. The Hall–Kier alpha value is -1.41. The van der Waals surface area contributed by atoms with E-state index in [-0.39, 0.29) is 16.7 Å². The zero-order chi connectivity index (χ0) is 18.0. The zero-order valence-corrected chi connectivity index (χ0v) is 16.2. The van der Waals surface area contributed by atoms with Gasteiger partial charge in [0.25, 0.3) is 0 Å². The van der Waals surface area contributed by atoms with E-state index in [2.05, 4.69) is 4.72 Å². The summed E-state index contributed by atoms with van der Waals surface area (Å²) in [6.07, 6.45) is 2.08. The summed E-state index contributed by atoms with van der Waals surface area (Å²) in [5.74, 6) is 0.150. The van der Waals surface area contributed by atoms with Gasteiger partial charge in [-0.05, 0) is 42.2 Å². The first-order chi connectivity index (χ1) is 11.9. The van der Waals surface area contributed by atoms with Gasteiger partial charge in [-0.15, -0.1) is 11.3 Å². The lowest BCUT2D eigenvalue weighted by Gasteiger charge is -2.29. The van der Waals surface area contributed by atoms with Crippen LogP contribution in [0, 0.1) is 0 Å². The summed E-state index contributed by atoms with van der Waals surface area (Å²) in [5.41, 5.74) is 2.90. The number of halogens is 1. The summed E-state index contributed by atoms with van der Waals surface area (Å²) in [5, 5.41) is 0. The molecule has 25 heavy (non-hydrogen) atoms. The molecule has 0 fully saturated rings. The summed E-state index contributed by atoms with van der Waals surface area (Å²) in [7, 11) is -3.57. The lowest BCUT2D eigenvalue weighted by Crippen LogP contribution is -2.35. The molecule has 2 heterocycles. The van der Waals surface area contributed by atoms with E-state index in [1.165, 1.54) is 6.07 Å². The van der Waals surface area contributed by atoms with Crippen molar-refractivity contribution in [1.29, 1.82) is 0 Å². The third-order valence-corrected chi connectivity index (χ3v) is 7.20. The third-order valence-electron chi connectivity index (χ3n) is 4.07. The third kappa shape index (κ3) is 4.06. The normalized spacial score (nSPS) is 14.6. The number of hydrogen-bond acceptors (Lipinski definition) is 4. The highest BCUT2D eigenvalue weighted by atomic mass is 35.5. The number of fused-ring (bicyclic) bond motifs is 1. The van der Waals surface area contributed by atoms with Crippen LogP contribution in [0.5, 0.6) is 0 Å². The molecule has 8 heteroatoms. The molecule has 0 radical (unpaired) electrons. The fourth-order valence-electron chi connectivity index (χ4n) is 2.88. The SMILES string of the molecule is CCCN1C(=O)CCc2cc(CNS(=O)(=O)c3ccc(Cl)s3)ccc21. The van der Waals surface area contributed by atoms with Crippen molar-refractivity contribution in [2.75, 3.05) is 11.4 Å². The van der Waals surface area contributed by atoms with E-state index in [9.17, 15) is 13.2 Å². The predicted octanol–water partition coefficient (Wildman–Crippen LogP) is 3.57. The number of anilines is 1. The van der Waals surface area contributed by atoms with Crippen molar-refractivity contribution in [1.82, 2.24) is 4.72 Å². The number of rotatable bonds is 6. The number of thiophene rings is 1. The molecule has 0 spiro atoms. The largest absolute Gasteiger partial charge is 0.312 e. The van der Waals surface area contributed by atoms with Crippen molar-refractivity contribution in [3.63, 3.8) is 0 Å². The highest BCUT2D eigenvalue weighted by molar-refractivity contribution is 7.91. The van der Waals surface area contributed by atoms with Crippen LogP contribution in [-0.4, -0.2) is 20.9 Å². The van der Waals surface area contributed by atoms with Crippen molar-refractivity contribution < 1.29 is 13.2 Å². The minimum absolute atomic E-state index is 0.150. The van der Waals surface area contributed by atoms with Crippen molar-refractivity contribution in [2.24, 2.45) is 0 Å². The van der Waals surface area contributed by atoms with Gasteiger partial charge in [-0.3, -0.25) is 4.79 Å². The lowest BCUT2D eigenvalue weighted by molar-refractivity contribution is -0.118. The molecule has 1 N–H and O–H groups in total. The number of carbonyl (C=O) groups excluding carboxylic acids is 1. The van der Waals surface area contributed by atoms with Crippen molar-refractivity contribution in [3.8, 4) is 0 Å². The van der Waals surface area contributed by atoms with E-state index in [0.29, 0.717) is 23.7 Å². The summed E-state index contributed by atoms with van der Waals surface area (Å²) >= 11 is 6.84. The number of benzene rings is 1. The highest BCUT2D eigenvalue weighted by Gasteiger charge is 2.23. The molecule has 134 valence electrons. The van der Waals surface area contributed by atoms with Gasteiger partial charge in [-0.1, -0.05) is 30.7 Å². The molecule has 3 rings (SSSR count). The monoisotopic (exact) mass is 398 g/mol. The first-order valence-corrected chi connectivity index (χ1v) is 10.8. The molecule has 0 bridgehead atoms. The molecule has 0 aliphatic carbocycles. The predicted molar refractivity (Wildman–Crippen MR) is 101 cm³/mol. The Morgan fingerprint density at radius 2 is 2.04 bits per heavy atom. The Labute approximate surface area is 156 Å². The first kappa shape index (κ1) is 18.4. The van der Waals surface area contributed by atoms with Gasteiger partial charge in [0.2, 0.25) is 15.9 Å². The van der Waals surface area contributed by atoms with Crippen LogP contribution in [0.25, 0.3) is 0 Å². The van der Waals surface area contributed by atoms with Crippen LogP contribution in [-0.2, 0) is 27.8 Å². The Balaban J connectivity index is 1.76. The maximum atomic E-state index is 12.3. The Morgan fingerprint density at radius 3 is 2.72 bits per heavy atom. The number of nitrogens with one attached hydrogen (secondary N) is 1. The van der Waals surface area contributed by atoms with Gasteiger partial charge < -0.3 is 4.90 Å². The second-order valence-electron chi connectivity index (χ2n) is 5.89. The molecule has 5 nitrogen and oxygen atoms in total. The van der Waals surface area contributed by atoms with E-state index in [1.54, 1.807) is 6.07 Å². The first-order valence-electron chi connectivity index (χ1n) is 8.08. The summed E-state index contributed by atoms with van der Waals surface area (Å²) in [6, 6.07) is 8.82. The minimum atomic E-state index is -3.57. The molecular weight excluding hydrogens is 380 g/mol. The van der Waals surface area contributed by atoms with Crippen LogP contribution in [0.4, 0.5) is 5.69 Å². The fraction of sp³-hybridized carbons (Fsp3) is 0.353. The van der Waals surface area contributed by atoms with Crippen LogP contribution in [0.2, 0.25) is 4.34 Å². The van der Waals surface area contributed by atoms with Crippen LogP contribution < -0.4 is 9.62 Å². The maximum absolute atomic E-state index is 12.3. The molecule has 0 unspecified atom stereocenters. The van der Waals surface area contributed by atoms with E-state index >= 15 is 0 Å². The topological polar surface area (TPSA) is 66.5 Å². The van der Waals surface area contributed by atoms with E-state index in [0.717, 1.165) is 34.6 Å². The molecular formula is C17H19ClN2O3S2. The van der Waals surface area contributed by atoms with Gasteiger partial charge in [-0.25, -0.2) is 13.1 Å². The van der Waals surface area contributed by atoms with Crippen molar-refractivity contribution in [2.45, 2.75) is 36.9 Å². The van der Waals surface area contributed by atoms with Gasteiger partial charge in [0, 0.05) is 25.2 Å². The smallest absolute Gasteiger partial charge is 0.250 e. The van der Waals surface area contributed by atoms with Crippen LogP contribution in [0.3, 0.4) is 0 Å². The molecule has 0 saturated heterocycles. The zero-order valence-electron chi connectivity index (χ0n) is 13.8. The van der Waals surface area contributed by atoms with Gasteiger partial charge in [-0.2, -0.15) is 0 Å².